The van der Waals surface area contributed by atoms with Crippen LogP contribution in [-0.2, 0) is 0 Å². The average Bonchev–Trinajstić information content (AvgIpc) is 2.42. The van der Waals surface area contributed by atoms with E-state index in [4.69, 9.17) is 4.74 Å². The van der Waals surface area contributed by atoms with Crippen LogP contribution < -0.4 is 10.1 Å². The zero-order chi connectivity index (χ0) is 13.8. The molecule has 1 atom stereocenters. The molecule has 0 bridgehead atoms. The van der Waals surface area contributed by atoms with Gasteiger partial charge in [-0.05, 0) is 47.5 Å². The van der Waals surface area contributed by atoms with Gasteiger partial charge in [0.25, 0.3) is 0 Å². The lowest BCUT2D eigenvalue weighted by Crippen LogP contribution is -2.07. The molecule has 2 aromatic carbocycles. The van der Waals surface area contributed by atoms with Crippen molar-refractivity contribution < 1.29 is 4.74 Å². The van der Waals surface area contributed by atoms with Crippen LogP contribution in [0.3, 0.4) is 0 Å². The Morgan fingerprint density at radius 1 is 1.11 bits per heavy atom. The summed E-state index contributed by atoms with van der Waals surface area (Å²) in [5.74, 6) is 0.849. The van der Waals surface area contributed by atoms with Crippen LogP contribution in [0.2, 0.25) is 0 Å². The average molecular weight is 320 g/mol. The summed E-state index contributed by atoms with van der Waals surface area (Å²) < 4.78 is 6.29. The molecule has 0 aliphatic rings. The van der Waals surface area contributed by atoms with Gasteiger partial charge in [-0.15, -0.1) is 0 Å². The molecule has 0 aliphatic carbocycles. The maximum Gasteiger partial charge on any atom is 0.121 e. The standard InChI is InChI=1S/C16H18BrNO/c1-11-4-6-13(7-5-11)12(2)18-16-10-14(19-3)8-9-15(16)17/h4-10,12,18H,1-3H3. The second-order valence-electron chi connectivity index (χ2n) is 4.62. The highest BCUT2D eigenvalue weighted by Gasteiger charge is 2.08. The van der Waals surface area contributed by atoms with E-state index in [1.54, 1.807) is 7.11 Å². The SMILES string of the molecule is COc1ccc(Br)c(NC(C)c2ccc(C)cc2)c1. The highest BCUT2D eigenvalue weighted by Crippen LogP contribution is 2.30. The predicted octanol–water partition coefficient (Wildman–Crippen LogP) is 4.94. The number of rotatable bonds is 4. The van der Waals surface area contributed by atoms with Crippen LogP contribution in [0.5, 0.6) is 5.75 Å². The summed E-state index contributed by atoms with van der Waals surface area (Å²) in [6.45, 7) is 4.25. The highest BCUT2D eigenvalue weighted by atomic mass is 79.9. The highest BCUT2D eigenvalue weighted by molar-refractivity contribution is 9.10. The molecule has 0 fully saturated rings. The van der Waals surface area contributed by atoms with Crippen molar-refractivity contribution in [2.75, 3.05) is 12.4 Å². The maximum absolute atomic E-state index is 5.25. The van der Waals surface area contributed by atoms with Gasteiger partial charge in [-0.1, -0.05) is 29.8 Å². The predicted molar refractivity (Wildman–Crippen MR) is 83.9 cm³/mol. The van der Waals surface area contributed by atoms with E-state index >= 15 is 0 Å². The number of anilines is 1. The number of benzene rings is 2. The Labute approximate surface area is 122 Å². The molecule has 0 spiro atoms. The van der Waals surface area contributed by atoms with Gasteiger partial charge in [-0.2, -0.15) is 0 Å². The van der Waals surface area contributed by atoms with Crippen LogP contribution >= 0.6 is 15.9 Å². The number of hydrogen-bond acceptors (Lipinski definition) is 2. The third-order valence-electron chi connectivity index (χ3n) is 3.12. The second-order valence-corrected chi connectivity index (χ2v) is 5.48. The van der Waals surface area contributed by atoms with Crippen molar-refractivity contribution in [3.63, 3.8) is 0 Å². The van der Waals surface area contributed by atoms with Gasteiger partial charge in [0.15, 0.2) is 0 Å². The smallest absolute Gasteiger partial charge is 0.121 e. The Morgan fingerprint density at radius 2 is 1.79 bits per heavy atom. The summed E-state index contributed by atoms with van der Waals surface area (Å²) in [5.41, 5.74) is 3.58. The molecular weight excluding hydrogens is 302 g/mol. The molecule has 0 aliphatic heterocycles. The topological polar surface area (TPSA) is 21.3 Å². The Kier molecular flexibility index (Phi) is 4.48. The number of methoxy groups -OCH3 is 1. The minimum atomic E-state index is 0.240. The van der Waals surface area contributed by atoms with Gasteiger partial charge in [-0.25, -0.2) is 0 Å². The van der Waals surface area contributed by atoms with Crippen LogP contribution in [-0.4, -0.2) is 7.11 Å². The van der Waals surface area contributed by atoms with Gasteiger partial charge in [0.2, 0.25) is 0 Å². The van der Waals surface area contributed by atoms with Crippen LogP contribution in [0, 0.1) is 6.92 Å². The Hall–Kier alpha value is -1.48. The molecule has 0 amide bonds. The van der Waals surface area contributed by atoms with E-state index in [0.717, 1.165) is 15.9 Å². The number of hydrogen-bond donors (Lipinski definition) is 1. The maximum atomic E-state index is 5.25. The zero-order valence-corrected chi connectivity index (χ0v) is 13.0. The lowest BCUT2D eigenvalue weighted by molar-refractivity contribution is 0.415. The molecule has 1 unspecified atom stereocenters. The van der Waals surface area contributed by atoms with Gasteiger partial charge >= 0.3 is 0 Å². The van der Waals surface area contributed by atoms with Crippen molar-refractivity contribution in [1.82, 2.24) is 0 Å². The third kappa shape index (κ3) is 3.51. The van der Waals surface area contributed by atoms with E-state index < -0.39 is 0 Å². The van der Waals surface area contributed by atoms with Crippen molar-refractivity contribution in [1.29, 1.82) is 0 Å². The Balaban J connectivity index is 2.18. The lowest BCUT2D eigenvalue weighted by Gasteiger charge is -2.17. The molecule has 0 heterocycles. The molecule has 1 N–H and O–H groups in total. The number of ether oxygens (including phenoxy) is 1. The molecule has 0 aromatic heterocycles. The fourth-order valence-electron chi connectivity index (χ4n) is 1.91. The van der Waals surface area contributed by atoms with E-state index in [-0.39, 0.29) is 6.04 Å². The van der Waals surface area contributed by atoms with Crippen LogP contribution in [0.15, 0.2) is 46.9 Å². The second kappa shape index (κ2) is 6.11. The van der Waals surface area contributed by atoms with Crippen molar-refractivity contribution in [3.05, 3.63) is 58.1 Å². The normalized spacial score (nSPS) is 12.0. The monoisotopic (exact) mass is 319 g/mol. The summed E-state index contributed by atoms with van der Waals surface area (Å²) in [6.07, 6.45) is 0. The molecule has 2 nitrogen and oxygen atoms in total. The summed E-state index contributed by atoms with van der Waals surface area (Å²) in [4.78, 5) is 0. The Bertz CT molecular complexity index is 551. The van der Waals surface area contributed by atoms with Crippen LogP contribution in [0.1, 0.15) is 24.1 Å². The van der Waals surface area contributed by atoms with Crippen molar-refractivity contribution in [2.45, 2.75) is 19.9 Å². The van der Waals surface area contributed by atoms with Crippen molar-refractivity contribution in [3.8, 4) is 5.75 Å². The van der Waals surface area contributed by atoms with E-state index in [1.165, 1.54) is 11.1 Å². The van der Waals surface area contributed by atoms with Crippen LogP contribution in [0.25, 0.3) is 0 Å². The van der Waals surface area contributed by atoms with E-state index in [1.807, 2.05) is 18.2 Å². The minimum absolute atomic E-state index is 0.240. The largest absolute Gasteiger partial charge is 0.497 e. The molecule has 2 aromatic rings. The first-order valence-electron chi connectivity index (χ1n) is 6.27. The van der Waals surface area contributed by atoms with Gasteiger partial charge in [-0.3, -0.25) is 0 Å². The number of aryl methyl sites for hydroxylation is 1. The summed E-state index contributed by atoms with van der Waals surface area (Å²) >= 11 is 3.55. The zero-order valence-electron chi connectivity index (χ0n) is 11.4. The lowest BCUT2D eigenvalue weighted by atomic mass is 10.1. The summed E-state index contributed by atoms with van der Waals surface area (Å²) in [7, 11) is 1.68. The van der Waals surface area contributed by atoms with E-state index in [0.29, 0.717) is 0 Å². The van der Waals surface area contributed by atoms with E-state index in [9.17, 15) is 0 Å². The third-order valence-corrected chi connectivity index (χ3v) is 3.81. The van der Waals surface area contributed by atoms with Gasteiger partial charge in [0, 0.05) is 16.6 Å². The first kappa shape index (κ1) is 13.9. The minimum Gasteiger partial charge on any atom is -0.497 e. The first-order chi connectivity index (χ1) is 9.10. The Morgan fingerprint density at radius 3 is 2.42 bits per heavy atom. The first-order valence-corrected chi connectivity index (χ1v) is 7.06. The summed E-state index contributed by atoms with van der Waals surface area (Å²) in [5, 5.41) is 3.49. The summed E-state index contributed by atoms with van der Waals surface area (Å²) in [6, 6.07) is 14.7. The quantitative estimate of drug-likeness (QED) is 0.861. The number of nitrogens with one attached hydrogen (secondary N) is 1. The molecule has 19 heavy (non-hydrogen) atoms. The molecule has 2 rings (SSSR count). The molecule has 3 heteroatoms. The van der Waals surface area contributed by atoms with Gasteiger partial charge in [0.1, 0.15) is 5.75 Å². The fraction of sp³-hybridized carbons (Fsp3) is 0.250. The number of halogens is 1. The van der Waals surface area contributed by atoms with Gasteiger partial charge in [0.05, 0.1) is 12.8 Å². The fourth-order valence-corrected chi connectivity index (χ4v) is 2.27. The van der Waals surface area contributed by atoms with Crippen molar-refractivity contribution in [2.24, 2.45) is 0 Å². The van der Waals surface area contributed by atoms with Gasteiger partial charge < -0.3 is 10.1 Å². The molecule has 0 radical (unpaired) electrons. The molecule has 100 valence electrons. The van der Waals surface area contributed by atoms with Crippen molar-refractivity contribution >= 4 is 21.6 Å². The molecule has 0 saturated heterocycles. The molecule has 0 saturated carbocycles. The van der Waals surface area contributed by atoms with E-state index in [2.05, 4.69) is 59.4 Å². The van der Waals surface area contributed by atoms with Crippen LogP contribution in [0.4, 0.5) is 5.69 Å². The molecular formula is C16H18BrNO.